The maximum atomic E-state index is 12.3. The molecule has 6 nitrogen and oxygen atoms in total. The van der Waals surface area contributed by atoms with Crippen LogP contribution in [0.1, 0.15) is 22.8 Å². The Morgan fingerprint density at radius 1 is 1.15 bits per heavy atom. The van der Waals surface area contributed by atoms with Gasteiger partial charge in [-0.25, -0.2) is 13.2 Å². The van der Waals surface area contributed by atoms with E-state index >= 15 is 0 Å². The summed E-state index contributed by atoms with van der Waals surface area (Å²) in [5.41, 5.74) is 0.792. The number of benzene rings is 2. The summed E-state index contributed by atoms with van der Waals surface area (Å²) in [7, 11) is -3.51. The number of sulfone groups is 1. The molecule has 0 heterocycles. The van der Waals surface area contributed by atoms with Gasteiger partial charge < -0.3 is 10.1 Å². The molecular formula is C18H18ClNO5S. The molecule has 2 aromatic rings. The van der Waals surface area contributed by atoms with Gasteiger partial charge in [-0.2, -0.15) is 0 Å². The first-order valence-electron chi connectivity index (χ1n) is 7.70. The zero-order chi connectivity index (χ0) is 19.3. The fourth-order valence-corrected chi connectivity index (χ4v) is 2.94. The van der Waals surface area contributed by atoms with Crippen molar-refractivity contribution in [3.05, 3.63) is 64.7 Å². The van der Waals surface area contributed by atoms with Crippen LogP contribution < -0.4 is 5.32 Å². The van der Waals surface area contributed by atoms with Crippen LogP contribution in [0, 0.1) is 0 Å². The maximum Gasteiger partial charge on any atom is 0.340 e. The Hall–Kier alpha value is -2.38. The Morgan fingerprint density at radius 2 is 1.81 bits per heavy atom. The molecule has 1 N–H and O–H groups in total. The third-order valence-electron chi connectivity index (χ3n) is 3.55. The number of rotatable bonds is 6. The number of carbonyl (C=O) groups is 2. The normalized spacial score (nSPS) is 12.3. The van der Waals surface area contributed by atoms with Gasteiger partial charge in [-0.1, -0.05) is 41.9 Å². The van der Waals surface area contributed by atoms with Crippen LogP contribution in [-0.2, 0) is 25.9 Å². The van der Waals surface area contributed by atoms with E-state index in [0.29, 0.717) is 6.54 Å². The topological polar surface area (TPSA) is 89.5 Å². The quantitative estimate of drug-likeness (QED) is 0.759. The number of hydrogen-bond donors (Lipinski definition) is 1. The molecule has 1 atom stereocenters. The Balaban J connectivity index is 2.03. The van der Waals surface area contributed by atoms with Gasteiger partial charge >= 0.3 is 5.97 Å². The number of nitrogens with one attached hydrogen (secondary N) is 1. The molecule has 0 bridgehead atoms. The summed E-state index contributed by atoms with van der Waals surface area (Å²) in [6.07, 6.45) is -0.0467. The van der Waals surface area contributed by atoms with Gasteiger partial charge in [0.15, 0.2) is 15.9 Å². The summed E-state index contributed by atoms with van der Waals surface area (Å²) < 4.78 is 28.3. The van der Waals surface area contributed by atoms with Crippen LogP contribution in [0.25, 0.3) is 0 Å². The summed E-state index contributed by atoms with van der Waals surface area (Å²) in [5.74, 6) is -1.35. The smallest absolute Gasteiger partial charge is 0.340 e. The highest BCUT2D eigenvalue weighted by Crippen LogP contribution is 2.22. The third kappa shape index (κ3) is 5.31. The van der Waals surface area contributed by atoms with Crippen LogP contribution in [0.2, 0.25) is 5.02 Å². The number of halogens is 1. The standard InChI is InChI=1S/C18H18ClNO5S/c1-12(17(21)20-11-13-6-4-3-5-7-13)25-18(22)15-10-14(26(2,23)24)8-9-16(15)19/h3-10,12H,11H2,1-2H3,(H,20,21)/t12-/m1/s1. The predicted molar refractivity (Wildman–Crippen MR) is 97.7 cm³/mol. The van der Waals surface area contributed by atoms with Crippen molar-refractivity contribution in [2.75, 3.05) is 6.26 Å². The Morgan fingerprint density at radius 3 is 2.42 bits per heavy atom. The molecule has 0 radical (unpaired) electrons. The second kappa shape index (κ2) is 8.33. The molecule has 2 rings (SSSR count). The first-order valence-corrected chi connectivity index (χ1v) is 9.97. The van der Waals surface area contributed by atoms with Crippen molar-refractivity contribution in [3.8, 4) is 0 Å². The molecule has 1 amide bonds. The third-order valence-corrected chi connectivity index (χ3v) is 4.99. The second-order valence-corrected chi connectivity index (χ2v) is 8.09. The molecule has 2 aromatic carbocycles. The molecule has 0 spiro atoms. The molecule has 0 unspecified atom stereocenters. The van der Waals surface area contributed by atoms with E-state index in [0.717, 1.165) is 17.9 Å². The second-order valence-electron chi connectivity index (χ2n) is 5.66. The highest BCUT2D eigenvalue weighted by molar-refractivity contribution is 7.90. The fraction of sp³-hybridized carbons (Fsp3) is 0.222. The molecule has 0 saturated carbocycles. The molecule has 0 saturated heterocycles. The van der Waals surface area contributed by atoms with Crippen molar-refractivity contribution in [2.45, 2.75) is 24.5 Å². The Kier molecular flexibility index (Phi) is 6.39. The van der Waals surface area contributed by atoms with Crippen molar-refractivity contribution in [3.63, 3.8) is 0 Å². The molecule has 8 heteroatoms. The van der Waals surface area contributed by atoms with Crippen molar-refractivity contribution in [1.29, 1.82) is 0 Å². The van der Waals surface area contributed by atoms with Crippen LogP contribution in [0.15, 0.2) is 53.4 Å². The lowest BCUT2D eigenvalue weighted by molar-refractivity contribution is -0.129. The van der Waals surface area contributed by atoms with Gasteiger partial charge in [0.25, 0.3) is 5.91 Å². The number of carbonyl (C=O) groups excluding carboxylic acids is 2. The van der Waals surface area contributed by atoms with E-state index in [4.69, 9.17) is 16.3 Å². The number of amides is 1. The van der Waals surface area contributed by atoms with Crippen molar-refractivity contribution < 1.29 is 22.7 Å². The molecule has 0 aromatic heterocycles. The number of esters is 1. The molecule has 0 aliphatic heterocycles. The van der Waals surface area contributed by atoms with Gasteiger partial charge in [-0.3, -0.25) is 4.79 Å². The minimum absolute atomic E-state index is 0.0410. The minimum Gasteiger partial charge on any atom is -0.449 e. The van der Waals surface area contributed by atoms with E-state index in [9.17, 15) is 18.0 Å². The zero-order valence-corrected chi connectivity index (χ0v) is 15.8. The summed E-state index contributed by atoms with van der Waals surface area (Å²) >= 11 is 5.95. The van der Waals surface area contributed by atoms with Crippen LogP contribution in [0.5, 0.6) is 0 Å². The van der Waals surface area contributed by atoms with E-state index < -0.39 is 27.8 Å². The zero-order valence-electron chi connectivity index (χ0n) is 14.2. The summed E-state index contributed by atoms with van der Waals surface area (Å²) in [6.45, 7) is 1.72. The van der Waals surface area contributed by atoms with Gasteiger partial charge in [-0.15, -0.1) is 0 Å². The molecular weight excluding hydrogens is 378 g/mol. The van der Waals surface area contributed by atoms with E-state index in [1.54, 1.807) is 0 Å². The van der Waals surface area contributed by atoms with E-state index in [1.807, 2.05) is 30.3 Å². The van der Waals surface area contributed by atoms with Gasteiger partial charge in [0, 0.05) is 12.8 Å². The molecule has 0 aliphatic rings. The summed E-state index contributed by atoms with van der Waals surface area (Å²) in [5, 5.41) is 2.70. The maximum absolute atomic E-state index is 12.3. The van der Waals surface area contributed by atoms with Gasteiger partial charge in [-0.05, 0) is 30.7 Å². The monoisotopic (exact) mass is 395 g/mol. The lowest BCUT2D eigenvalue weighted by atomic mass is 10.2. The number of ether oxygens (including phenoxy) is 1. The molecule has 138 valence electrons. The Bertz CT molecular complexity index is 912. The highest BCUT2D eigenvalue weighted by Gasteiger charge is 2.22. The predicted octanol–water partition coefficient (Wildman–Crippen LogP) is 2.61. The van der Waals surface area contributed by atoms with Crippen LogP contribution in [-0.4, -0.2) is 32.7 Å². The lowest BCUT2D eigenvalue weighted by Gasteiger charge is -2.14. The van der Waals surface area contributed by atoms with E-state index in [2.05, 4.69) is 5.32 Å². The van der Waals surface area contributed by atoms with Gasteiger partial charge in [0.05, 0.1) is 15.5 Å². The van der Waals surface area contributed by atoms with Gasteiger partial charge in [0.2, 0.25) is 0 Å². The highest BCUT2D eigenvalue weighted by atomic mass is 35.5. The SMILES string of the molecule is C[C@@H](OC(=O)c1cc(S(C)(=O)=O)ccc1Cl)C(=O)NCc1ccccc1. The van der Waals surface area contributed by atoms with Gasteiger partial charge in [0.1, 0.15) is 0 Å². The Labute approximate surface area is 157 Å². The van der Waals surface area contributed by atoms with Crippen LogP contribution in [0.4, 0.5) is 0 Å². The van der Waals surface area contributed by atoms with Crippen LogP contribution in [0.3, 0.4) is 0 Å². The van der Waals surface area contributed by atoms with Crippen molar-refractivity contribution in [1.82, 2.24) is 5.32 Å². The number of hydrogen-bond acceptors (Lipinski definition) is 5. The van der Waals surface area contributed by atoms with Crippen molar-refractivity contribution >= 4 is 33.3 Å². The van der Waals surface area contributed by atoms with E-state index in [1.165, 1.54) is 19.1 Å². The average molecular weight is 396 g/mol. The first-order chi connectivity index (χ1) is 12.2. The fourth-order valence-electron chi connectivity index (χ4n) is 2.10. The largest absolute Gasteiger partial charge is 0.449 e. The first kappa shape index (κ1) is 19.9. The van der Waals surface area contributed by atoms with E-state index in [-0.39, 0.29) is 15.5 Å². The molecule has 0 aliphatic carbocycles. The lowest BCUT2D eigenvalue weighted by Crippen LogP contribution is -2.35. The minimum atomic E-state index is -3.51. The summed E-state index contributed by atoms with van der Waals surface area (Å²) in [4.78, 5) is 24.3. The van der Waals surface area contributed by atoms with Crippen molar-refractivity contribution in [2.24, 2.45) is 0 Å². The molecule has 26 heavy (non-hydrogen) atoms. The molecule has 0 fully saturated rings. The summed E-state index contributed by atoms with van der Waals surface area (Å²) in [6, 6.07) is 13.0. The van der Waals surface area contributed by atoms with Crippen LogP contribution >= 0.6 is 11.6 Å². The average Bonchev–Trinajstić information content (AvgIpc) is 2.59.